The molecular formula is C15H15N5O2. The van der Waals surface area contributed by atoms with E-state index in [0.717, 1.165) is 5.56 Å². The van der Waals surface area contributed by atoms with Gasteiger partial charge in [-0.05, 0) is 24.6 Å². The molecule has 0 saturated heterocycles. The molecule has 2 aromatic heterocycles. The zero-order chi connectivity index (χ0) is 15.7. The Bertz CT molecular complexity index is 887. The lowest BCUT2D eigenvalue weighted by molar-refractivity contribution is 0.186. The number of pyridine rings is 1. The number of aromatic nitrogens is 3. The lowest BCUT2D eigenvalue weighted by Gasteiger charge is -2.12. The molecule has 3 aromatic rings. The van der Waals surface area contributed by atoms with Crippen LogP contribution in [-0.4, -0.2) is 19.9 Å². The van der Waals surface area contributed by atoms with Crippen LogP contribution < -0.4 is 16.6 Å². The summed E-state index contributed by atoms with van der Waals surface area (Å²) in [6.07, 6.45) is 1.31. The standard InChI is InChI=1S/C15H15N5O2/c1-9-14-12(17-7-10-2-4-11(16)5-3-10)6-13(21)20(22)15(14)19-8-18-9/h2-6,8,17,22H,7,16H2,1H3. The first-order valence-corrected chi connectivity index (χ1v) is 6.71. The molecule has 0 atom stereocenters. The SMILES string of the molecule is Cc1ncnc2c1c(NCc1ccc(N)cc1)cc(=O)n2O. The number of nitrogens with two attached hydrogens (primary N) is 1. The largest absolute Gasteiger partial charge is 0.423 e. The van der Waals surface area contributed by atoms with Crippen LogP contribution in [0, 0.1) is 6.92 Å². The van der Waals surface area contributed by atoms with Crippen molar-refractivity contribution >= 4 is 22.4 Å². The molecule has 4 N–H and O–H groups in total. The van der Waals surface area contributed by atoms with Crippen LogP contribution in [0.2, 0.25) is 0 Å². The van der Waals surface area contributed by atoms with Crippen molar-refractivity contribution in [1.82, 2.24) is 14.7 Å². The molecule has 112 valence electrons. The number of anilines is 2. The molecular weight excluding hydrogens is 282 g/mol. The van der Waals surface area contributed by atoms with E-state index in [1.165, 1.54) is 12.4 Å². The van der Waals surface area contributed by atoms with Crippen LogP contribution in [0.15, 0.2) is 41.5 Å². The van der Waals surface area contributed by atoms with Crippen molar-refractivity contribution in [3.05, 3.63) is 58.3 Å². The quantitative estimate of drug-likeness (QED) is 0.500. The van der Waals surface area contributed by atoms with Crippen LogP contribution in [0.4, 0.5) is 11.4 Å². The molecule has 0 fully saturated rings. The molecule has 0 bridgehead atoms. The van der Waals surface area contributed by atoms with Crippen molar-refractivity contribution in [3.8, 4) is 0 Å². The zero-order valence-corrected chi connectivity index (χ0v) is 11.9. The first kappa shape index (κ1) is 13.9. The van der Waals surface area contributed by atoms with E-state index in [2.05, 4.69) is 15.3 Å². The molecule has 7 heteroatoms. The molecule has 0 spiro atoms. The van der Waals surface area contributed by atoms with Gasteiger partial charge in [0.1, 0.15) is 6.33 Å². The van der Waals surface area contributed by atoms with E-state index >= 15 is 0 Å². The number of hydrogen-bond acceptors (Lipinski definition) is 6. The second-order valence-electron chi connectivity index (χ2n) is 4.96. The minimum atomic E-state index is -0.551. The third-order valence-corrected chi connectivity index (χ3v) is 3.43. The predicted molar refractivity (Wildman–Crippen MR) is 83.9 cm³/mol. The number of hydrogen-bond donors (Lipinski definition) is 3. The van der Waals surface area contributed by atoms with Crippen molar-refractivity contribution in [2.45, 2.75) is 13.5 Å². The van der Waals surface area contributed by atoms with Crippen molar-refractivity contribution in [2.24, 2.45) is 0 Å². The summed E-state index contributed by atoms with van der Waals surface area (Å²) in [6.45, 7) is 2.31. The lowest BCUT2D eigenvalue weighted by atomic mass is 10.2. The monoisotopic (exact) mass is 297 g/mol. The normalized spacial score (nSPS) is 10.8. The average Bonchev–Trinajstić information content (AvgIpc) is 2.51. The van der Waals surface area contributed by atoms with Gasteiger partial charge in [0.25, 0.3) is 5.56 Å². The van der Waals surface area contributed by atoms with Gasteiger partial charge in [-0.3, -0.25) is 4.79 Å². The fraction of sp³-hybridized carbons (Fsp3) is 0.133. The van der Waals surface area contributed by atoms with Gasteiger partial charge in [0.05, 0.1) is 16.8 Å². The van der Waals surface area contributed by atoms with Gasteiger partial charge in [0, 0.05) is 18.3 Å². The Morgan fingerprint density at radius 3 is 2.73 bits per heavy atom. The highest BCUT2D eigenvalue weighted by atomic mass is 16.5. The van der Waals surface area contributed by atoms with Gasteiger partial charge in [-0.15, -0.1) is 4.73 Å². The van der Waals surface area contributed by atoms with Crippen molar-refractivity contribution < 1.29 is 5.21 Å². The molecule has 0 unspecified atom stereocenters. The maximum absolute atomic E-state index is 11.8. The second kappa shape index (κ2) is 5.36. The Morgan fingerprint density at radius 1 is 1.27 bits per heavy atom. The fourth-order valence-electron chi connectivity index (χ4n) is 2.27. The van der Waals surface area contributed by atoms with Crippen molar-refractivity contribution in [1.29, 1.82) is 0 Å². The van der Waals surface area contributed by atoms with Gasteiger partial charge >= 0.3 is 0 Å². The molecule has 0 amide bonds. The first-order valence-electron chi connectivity index (χ1n) is 6.71. The maximum Gasteiger partial charge on any atom is 0.286 e. The summed E-state index contributed by atoms with van der Waals surface area (Å²) in [6, 6.07) is 8.77. The average molecular weight is 297 g/mol. The van der Waals surface area contributed by atoms with Gasteiger partial charge in [-0.2, -0.15) is 0 Å². The Kier molecular flexibility index (Phi) is 3.38. The number of aryl methyl sites for hydroxylation is 1. The van der Waals surface area contributed by atoms with Crippen LogP contribution >= 0.6 is 0 Å². The van der Waals surface area contributed by atoms with Crippen molar-refractivity contribution in [2.75, 3.05) is 11.1 Å². The van der Waals surface area contributed by atoms with E-state index in [1.54, 1.807) is 6.92 Å². The molecule has 1 aromatic carbocycles. The van der Waals surface area contributed by atoms with Crippen LogP contribution in [-0.2, 0) is 6.54 Å². The van der Waals surface area contributed by atoms with E-state index < -0.39 is 5.56 Å². The smallest absolute Gasteiger partial charge is 0.286 e. The van der Waals surface area contributed by atoms with Crippen LogP contribution in [0.25, 0.3) is 11.0 Å². The van der Waals surface area contributed by atoms with E-state index in [0.29, 0.717) is 33.7 Å². The highest BCUT2D eigenvalue weighted by molar-refractivity contribution is 5.90. The molecule has 3 rings (SSSR count). The number of nitrogen functional groups attached to an aromatic ring is 1. The predicted octanol–water partition coefficient (Wildman–Crippen LogP) is 1.53. The lowest BCUT2D eigenvalue weighted by Crippen LogP contribution is -2.20. The Hall–Kier alpha value is -3.09. The van der Waals surface area contributed by atoms with Gasteiger partial charge in [0.15, 0.2) is 5.65 Å². The number of rotatable bonds is 3. The van der Waals surface area contributed by atoms with E-state index in [-0.39, 0.29) is 5.65 Å². The van der Waals surface area contributed by atoms with E-state index in [9.17, 15) is 10.0 Å². The Morgan fingerprint density at radius 2 is 2.00 bits per heavy atom. The molecule has 22 heavy (non-hydrogen) atoms. The van der Waals surface area contributed by atoms with Gasteiger partial charge in [-0.1, -0.05) is 12.1 Å². The second-order valence-corrected chi connectivity index (χ2v) is 4.96. The molecule has 7 nitrogen and oxygen atoms in total. The molecule has 0 saturated carbocycles. The van der Waals surface area contributed by atoms with E-state index in [4.69, 9.17) is 5.73 Å². The van der Waals surface area contributed by atoms with Crippen molar-refractivity contribution in [3.63, 3.8) is 0 Å². The highest BCUT2D eigenvalue weighted by Crippen LogP contribution is 2.22. The summed E-state index contributed by atoms with van der Waals surface area (Å²) < 4.78 is 0.526. The number of fused-ring (bicyclic) bond motifs is 1. The third kappa shape index (κ3) is 2.44. The summed E-state index contributed by atoms with van der Waals surface area (Å²) in [5.41, 5.74) is 8.26. The maximum atomic E-state index is 11.8. The third-order valence-electron chi connectivity index (χ3n) is 3.43. The summed E-state index contributed by atoms with van der Waals surface area (Å²) >= 11 is 0. The molecule has 2 heterocycles. The zero-order valence-electron chi connectivity index (χ0n) is 11.9. The van der Waals surface area contributed by atoms with Gasteiger partial charge in [-0.25, -0.2) is 9.97 Å². The van der Waals surface area contributed by atoms with E-state index in [1.807, 2.05) is 24.3 Å². The Balaban J connectivity index is 2.01. The molecule has 0 aliphatic carbocycles. The summed E-state index contributed by atoms with van der Waals surface area (Å²) in [5.74, 6) is 0. The van der Waals surface area contributed by atoms with Crippen LogP contribution in [0.3, 0.4) is 0 Å². The van der Waals surface area contributed by atoms with Gasteiger partial charge in [0.2, 0.25) is 0 Å². The van der Waals surface area contributed by atoms with Crippen LogP contribution in [0.5, 0.6) is 0 Å². The summed E-state index contributed by atoms with van der Waals surface area (Å²) in [5, 5.41) is 13.6. The number of nitrogens with one attached hydrogen (secondary N) is 1. The van der Waals surface area contributed by atoms with Crippen LogP contribution in [0.1, 0.15) is 11.3 Å². The summed E-state index contributed by atoms with van der Waals surface area (Å²) in [7, 11) is 0. The highest BCUT2D eigenvalue weighted by Gasteiger charge is 2.12. The fourth-order valence-corrected chi connectivity index (χ4v) is 2.27. The molecule has 0 aliphatic heterocycles. The minimum absolute atomic E-state index is 0.180. The topological polar surface area (TPSA) is 106 Å². The summed E-state index contributed by atoms with van der Waals surface area (Å²) in [4.78, 5) is 19.9. The molecule has 0 radical (unpaired) electrons. The Labute approximate surface area is 126 Å². The number of nitrogens with zero attached hydrogens (tertiary/aromatic N) is 3. The number of benzene rings is 1. The van der Waals surface area contributed by atoms with Gasteiger partial charge < -0.3 is 16.3 Å². The first-order chi connectivity index (χ1) is 10.6. The molecule has 0 aliphatic rings. The minimum Gasteiger partial charge on any atom is -0.423 e.